The zero-order chi connectivity index (χ0) is 27.5. The molecule has 38 heavy (non-hydrogen) atoms. The van der Waals surface area contributed by atoms with Crippen LogP contribution < -0.4 is 14.8 Å². The van der Waals surface area contributed by atoms with E-state index in [9.17, 15) is 4.79 Å². The minimum Gasteiger partial charge on any atom is -0.493 e. The molecule has 2 heterocycles. The van der Waals surface area contributed by atoms with Gasteiger partial charge in [-0.3, -0.25) is 9.79 Å². The minimum atomic E-state index is -0.442. The van der Waals surface area contributed by atoms with Gasteiger partial charge in [-0.2, -0.15) is 0 Å². The van der Waals surface area contributed by atoms with Gasteiger partial charge < -0.3 is 14.8 Å². The molecule has 0 radical (unpaired) electrons. The number of benzene rings is 3. The van der Waals surface area contributed by atoms with Gasteiger partial charge in [0.15, 0.2) is 11.5 Å². The predicted molar refractivity (Wildman–Crippen MR) is 155 cm³/mol. The average molecular weight is 511 g/mol. The van der Waals surface area contributed by atoms with Gasteiger partial charge in [-0.1, -0.05) is 51.1 Å². The standard InChI is InChI=1S/C33H38N2O3/c1-31(2,3)30(36)34-24-14-12-20(13-15-24)21-10-9-11-22(16-21)28-27-23(18-32(4,5)35-28)17-26(37-8)29-25(27)19-33(6,7)38-29/h9-17H,18-19H2,1-8H3,(H,34,36). The van der Waals surface area contributed by atoms with Gasteiger partial charge in [-0.05, 0) is 75.1 Å². The van der Waals surface area contributed by atoms with Crippen molar-refractivity contribution < 1.29 is 14.3 Å². The first-order valence-corrected chi connectivity index (χ1v) is 13.3. The molecule has 0 aromatic heterocycles. The molecule has 5 nitrogen and oxygen atoms in total. The van der Waals surface area contributed by atoms with E-state index in [1.807, 2.05) is 32.9 Å². The number of carbonyl (C=O) groups is 1. The summed E-state index contributed by atoms with van der Waals surface area (Å²) in [7, 11) is 1.71. The molecule has 0 fully saturated rings. The Balaban J connectivity index is 1.55. The first-order valence-electron chi connectivity index (χ1n) is 13.3. The van der Waals surface area contributed by atoms with Crippen LogP contribution >= 0.6 is 0 Å². The second-order valence-electron chi connectivity index (χ2n) is 12.8. The molecule has 3 aromatic carbocycles. The van der Waals surface area contributed by atoms with Crippen molar-refractivity contribution in [3.8, 4) is 22.6 Å². The zero-order valence-corrected chi connectivity index (χ0v) is 23.8. The summed E-state index contributed by atoms with van der Waals surface area (Å²) in [4.78, 5) is 17.7. The highest BCUT2D eigenvalue weighted by Gasteiger charge is 2.39. The Bertz CT molecular complexity index is 1440. The molecule has 1 N–H and O–H groups in total. The van der Waals surface area contributed by atoms with Crippen LogP contribution in [0.5, 0.6) is 11.5 Å². The summed E-state index contributed by atoms with van der Waals surface area (Å²) >= 11 is 0. The number of hydrogen-bond donors (Lipinski definition) is 1. The number of nitrogens with zero attached hydrogens (tertiary/aromatic N) is 1. The molecule has 0 saturated heterocycles. The van der Waals surface area contributed by atoms with E-state index < -0.39 is 5.41 Å². The number of fused-ring (bicyclic) bond motifs is 3. The fourth-order valence-electron chi connectivity index (χ4n) is 5.34. The Morgan fingerprint density at radius 3 is 2.29 bits per heavy atom. The van der Waals surface area contributed by atoms with Crippen LogP contribution in [-0.2, 0) is 17.6 Å². The Kier molecular flexibility index (Phi) is 6.17. The van der Waals surface area contributed by atoms with E-state index >= 15 is 0 Å². The summed E-state index contributed by atoms with van der Waals surface area (Å²) in [5.74, 6) is 1.64. The third-order valence-corrected chi connectivity index (χ3v) is 7.19. The first kappa shape index (κ1) is 26.0. The van der Waals surface area contributed by atoms with Gasteiger partial charge in [0, 0.05) is 34.2 Å². The number of aliphatic imine (C=N–C) groups is 1. The molecule has 0 bridgehead atoms. The molecule has 0 atom stereocenters. The lowest BCUT2D eigenvalue weighted by Crippen LogP contribution is -2.30. The summed E-state index contributed by atoms with van der Waals surface area (Å²) in [6.07, 6.45) is 1.65. The highest BCUT2D eigenvalue weighted by atomic mass is 16.5. The maximum atomic E-state index is 12.4. The van der Waals surface area contributed by atoms with Gasteiger partial charge in [0.1, 0.15) is 5.60 Å². The summed E-state index contributed by atoms with van der Waals surface area (Å²) in [5, 5.41) is 3.00. The van der Waals surface area contributed by atoms with Gasteiger partial charge in [-0.25, -0.2) is 0 Å². The quantitative estimate of drug-likeness (QED) is 0.403. The molecule has 0 unspecified atom stereocenters. The number of anilines is 1. The van der Waals surface area contributed by atoms with Gasteiger partial charge in [0.05, 0.1) is 18.4 Å². The van der Waals surface area contributed by atoms with E-state index in [0.29, 0.717) is 0 Å². The number of hydrogen-bond acceptors (Lipinski definition) is 4. The van der Waals surface area contributed by atoms with Crippen molar-refractivity contribution in [1.29, 1.82) is 0 Å². The van der Waals surface area contributed by atoms with E-state index in [1.165, 1.54) is 16.7 Å². The van der Waals surface area contributed by atoms with Crippen molar-refractivity contribution in [1.82, 2.24) is 0 Å². The summed E-state index contributed by atoms with van der Waals surface area (Å²) in [6.45, 7) is 14.3. The number of rotatable bonds is 4. The van der Waals surface area contributed by atoms with Crippen molar-refractivity contribution in [3.05, 3.63) is 76.9 Å². The van der Waals surface area contributed by atoms with Gasteiger partial charge in [0.25, 0.3) is 0 Å². The van der Waals surface area contributed by atoms with Crippen LogP contribution in [0.4, 0.5) is 5.69 Å². The van der Waals surface area contributed by atoms with Crippen molar-refractivity contribution in [2.75, 3.05) is 12.4 Å². The summed E-state index contributed by atoms with van der Waals surface area (Å²) in [5.41, 5.74) is 7.71. The smallest absolute Gasteiger partial charge is 0.229 e. The summed E-state index contributed by atoms with van der Waals surface area (Å²) in [6, 6.07) is 18.7. The van der Waals surface area contributed by atoms with Crippen LogP contribution in [0.15, 0.2) is 59.6 Å². The van der Waals surface area contributed by atoms with Crippen molar-refractivity contribution in [2.24, 2.45) is 10.4 Å². The van der Waals surface area contributed by atoms with Gasteiger partial charge in [-0.15, -0.1) is 0 Å². The molecule has 0 spiro atoms. The first-order chi connectivity index (χ1) is 17.8. The van der Waals surface area contributed by atoms with E-state index in [1.54, 1.807) is 7.11 Å². The fourth-order valence-corrected chi connectivity index (χ4v) is 5.34. The lowest BCUT2D eigenvalue weighted by Gasteiger charge is -2.31. The average Bonchev–Trinajstić information content (AvgIpc) is 3.17. The predicted octanol–water partition coefficient (Wildman–Crippen LogP) is 7.23. The van der Waals surface area contributed by atoms with Crippen molar-refractivity contribution in [3.63, 3.8) is 0 Å². The molecule has 2 aliphatic rings. The normalized spacial score (nSPS) is 17.1. The maximum Gasteiger partial charge on any atom is 0.229 e. The molecule has 0 saturated carbocycles. The molecule has 2 aliphatic heterocycles. The van der Waals surface area contributed by atoms with Crippen LogP contribution in [0.25, 0.3) is 11.1 Å². The Hall–Kier alpha value is -3.60. The molecular weight excluding hydrogens is 472 g/mol. The molecular formula is C33H38N2O3. The topological polar surface area (TPSA) is 59.9 Å². The minimum absolute atomic E-state index is 0.000145. The van der Waals surface area contributed by atoms with E-state index in [2.05, 4.69) is 75.5 Å². The van der Waals surface area contributed by atoms with E-state index in [-0.39, 0.29) is 17.0 Å². The molecule has 5 heteroatoms. The van der Waals surface area contributed by atoms with Gasteiger partial charge >= 0.3 is 0 Å². The number of ether oxygens (including phenoxy) is 2. The zero-order valence-electron chi connectivity index (χ0n) is 23.8. The Labute approximate surface area is 226 Å². The number of carbonyl (C=O) groups excluding carboxylic acids is 1. The number of amides is 1. The highest BCUT2D eigenvalue weighted by Crippen LogP contribution is 2.48. The third-order valence-electron chi connectivity index (χ3n) is 7.19. The molecule has 1 amide bonds. The Morgan fingerprint density at radius 2 is 1.63 bits per heavy atom. The van der Waals surface area contributed by atoms with E-state index in [0.717, 1.165) is 52.4 Å². The van der Waals surface area contributed by atoms with Crippen LogP contribution in [0, 0.1) is 5.41 Å². The highest BCUT2D eigenvalue weighted by molar-refractivity contribution is 6.16. The van der Waals surface area contributed by atoms with Crippen LogP contribution in [0.1, 0.15) is 70.7 Å². The number of nitrogens with one attached hydrogen (secondary N) is 1. The van der Waals surface area contributed by atoms with Gasteiger partial charge in [0.2, 0.25) is 5.91 Å². The maximum absolute atomic E-state index is 12.4. The second-order valence-corrected chi connectivity index (χ2v) is 12.8. The molecule has 0 aliphatic carbocycles. The van der Waals surface area contributed by atoms with Crippen molar-refractivity contribution >= 4 is 17.3 Å². The third kappa shape index (κ3) is 4.94. The Morgan fingerprint density at radius 1 is 0.947 bits per heavy atom. The molecule has 3 aromatic rings. The lowest BCUT2D eigenvalue weighted by molar-refractivity contribution is -0.123. The molecule has 5 rings (SSSR count). The lowest BCUT2D eigenvalue weighted by atomic mass is 9.80. The van der Waals surface area contributed by atoms with Crippen LogP contribution in [-0.4, -0.2) is 29.9 Å². The van der Waals surface area contributed by atoms with E-state index in [4.69, 9.17) is 14.5 Å². The summed E-state index contributed by atoms with van der Waals surface area (Å²) < 4.78 is 12.1. The van der Waals surface area contributed by atoms with Crippen molar-refractivity contribution in [2.45, 2.75) is 72.4 Å². The fraction of sp³-hybridized carbons (Fsp3) is 0.394. The van der Waals surface area contributed by atoms with Crippen LogP contribution in [0.2, 0.25) is 0 Å². The monoisotopic (exact) mass is 510 g/mol. The largest absolute Gasteiger partial charge is 0.493 e. The second kappa shape index (κ2) is 9.00. The van der Waals surface area contributed by atoms with Crippen LogP contribution in [0.3, 0.4) is 0 Å². The molecule has 198 valence electrons. The number of methoxy groups -OCH3 is 1. The SMILES string of the molecule is COc1cc2c(c3c1OC(C)(C)C3)C(c1cccc(-c3ccc(NC(=O)C(C)(C)C)cc3)c1)=NC(C)(C)C2.